The zero-order valence-corrected chi connectivity index (χ0v) is 15.3. The number of carbonyl (C=O) groups is 2. The molecule has 7 nitrogen and oxygen atoms in total. The fourth-order valence-corrected chi connectivity index (χ4v) is 3.81. The third-order valence-electron chi connectivity index (χ3n) is 4.08. The van der Waals surface area contributed by atoms with Crippen molar-refractivity contribution in [2.24, 2.45) is 4.99 Å². The lowest BCUT2D eigenvalue weighted by molar-refractivity contribution is -0.141. The minimum atomic E-state index is -0.432. The van der Waals surface area contributed by atoms with Crippen LogP contribution in [0.1, 0.15) is 10.4 Å². The van der Waals surface area contributed by atoms with E-state index in [9.17, 15) is 9.59 Å². The molecule has 0 unspecified atom stereocenters. The van der Waals surface area contributed by atoms with E-state index in [4.69, 9.17) is 14.2 Å². The second kappa shape index (κ2) is 7.24. The van der Waals surface area contributed by atoms with Gasteiger partial charge in [0.05, 0.1) is 17.3 Å². The van der Waals surface area contributed by atoms with E-state index in [1.165, 1.54) is 18.4 Å². The standard InChI is InChI=1S/C19H16N2O5S/c1-24-17(22)11-21-13-9-14-15(26-8-7-25-14)10-16(13)27-19(21)20-18(23)12-5-3-2-4-6-12/h2-6,9-10H,7-8,11H2,1H3. The van der Waals surface area contributed by atoms with Crippen molar-refractivity contribution in [2.45, 2.75) is 6.54 Å². The topological polar surface area (TPSA) is 79.1 Å². The lowest BCUT2D eigenvalue weighted by Gasteiger charge is -2.18. The first kappa shape index (κ1) is 17.3. The molecule has 1 amide bonds. The lowest BCUT2D eigenvalue weighted by Crippen LogP contribution is -2.22. The van der Waals surface area contributed by atoms with E-state index in [-0.39, 0.29) is 12.5 Å². The van der Waals surface area contributed by atoms with Crippen molar-refractivity contribution >= 4 is 33.4 Å². The van der Waals surface area contributed by atoms with Crippen LogP contribution in [0.5, 0.6) is 11.5 Å². The summed E-state index contributed by atoms with van der Waals surface area (Å²) < 4.78 is 18.5. The SMILES string of the molecule is COC(=O)Cn1c(=NC(=O)c2ccccc2)sc2cc3c(cc21)OCCO3. The van der Waals surface area contributed by atoms with Crippen LogP contribution in [-0.4, -0.2) is 36.8 Å². The number of thiazole rings is 1. The summed E-state index contributed by atoms with van der Waals surface area (Å²) in [5.74, 6) is 0.434. The molecule has 0 bridgehead atoms. The molecular formula is C19H16N2O5S. The van der Waals surface area contributed by atoms with Crippen molar-refractivity contribution in [1.29, 1.82) is 0 Å². The van der Waals surface area contributed by atoms with Gasteiger partial charge >= 0.3 is 5.97 Å². The summed E-state index contributed by atoms with van der Waals surface area (Å²) in [6, 6.07) is 12.4. The zero-order chi connectivity index (χ0) is 18.8. The van der Waals surface area contributed by atoms with E-state index in [2.05, 4.69) is 4.99 Å². The van der Waals surface area contributed by atoms with Crippen LogP contribution in [0.4, 0.5) is 0 Å². The maximum Gasteiger partial charge on any atom is 0.325 e. The Labute approximate surface area is 158 Å². The number of rotatable bonds is 3. The van der Waals surface area contributed by atoms with Crippen LogP contribution in [0.2, 0.25) is 0 Å². The quantitative estimate of drug-likeness (QED) is 0.648. The molecular weight excluding hydrogens is 368 g/mol. The number of methoxy groups -OCH3 is 1. The smallest absolute Gasteiger partial charge is 0.325 e. The molecule has 4 rings (SSSR count). The van der Waals surface area contributed by atoms with Gasteiger partial charge < -0.3 is 18.8 Å². The van der Waals surface area contributed by atoms with E-state index in [1.807, 2.05) is 12.1 Å². The molecule has 0 N–H and O–H groups in total. The predicted molar refractivity (Wildman–Crippen MR) is 99.2 cm³/mol. The minimum Gasteiger partial charge on any atom is -0.486 e. The average molecular weight is 384 g/mol. The molecule has 1 aliphatic rings. The normalized spacial score (nSPS) is 13.6. The fraction of sp³-hybridized carbons (Fsp3) is 0.211. The molecule has 2 heterocycles. The van der Waals surface area contributed by atoms with Gasteiger partial charge in [-0.25, -0.2) is 0 Å². The van der Waals surface area contributed by atoms with Crippen LogP contribution in [0.3, 0.4) is 0 Å². The van der Waals surface area contributed by atoms with Crippen molar-refractivity contribution < 1.29 is 23.8 Å². The maximum absolute atomic E-state index is 12.5. The maximum atomic E-state index is 12.5. The zero-order valence-electron chi connectivity index (χ0n) is 14.5. The Bertz CT molecular complexity index is 1080. The van der Waals surface area contributed by atoms with E-state index in [1.54, 1.807) is 34.9 Å². The number of hydrogen-bond acceptors (Lipinski definition) is 6. The molecule has 0 spiro atoms. The molecule has 0 radical (unpaired) electrons. The van der Waals surface area contributed by atoms with Crippen molar-refractivity contribution in [1.82, 2.24) is 4.57 Å². The largest absolute Gasteiger partial charge is 0.486 e. The molecule has 0 saturated carbocycles. The minimum absolute atomic E-state index is 0.0585. The second-order valence-corrected chi connectivity index (χ2v) is 6.80. The number of amides is 1. The second-order valence-electron chi connectivity index (χ2n) is 5.79. The number of ether oxygens (including phenoxy) is 3. The van der Waals surface area contributed by atoms with Crippen molar-refractivity contribution in [3.63, 3.8) is 0 Å². The number of hydrogen-bond donors (Lipinski definition) is 0. The molecule has 0 atom stereocenters. The summed E-state index contributed by atoms with van der Waals surface area (Å²) in [6.45, 7) is 0.885. The van der Waals surface area contributed by atoms with Gasteiger partial charge in [-0.05, 0) is 12.1 Å². The molecule has 0 aliphatic carbocycles. The van der Waals surface area contributed by atoms with Crippen LogP contribution in [-0.2, 0) is 16.1 Å². The Kier molecular flexibility index (Phi) is 4.64. The summed E-state index contributed by atoms with van der Waals surface area (Å²) in [6.07, 6.45) is 0. The first-order chi connectivity index (χ1) is 13.2. The van der Waals surface area contributed by atoms with Gasteiger partial charge in [-0.2, -0.15) is 4.99 Å². The summed E-state index contributed by atoms with van der Waals surface area (Å²) >= 11 is 1.30. The number of aromatic nitrogens is 1. The predicted octanol–water partition coefficient (Wildman–Crippen LogP) is 2.39. The van der Waals surface area contributed by atoms with Gasteiger partial charge in [-0.3, -0.25) is 9.59 Å². The van der Waals surface area contributed by atoms with Crippen LogP contribution >= 0.6 is 11.3 Å². The Morgan fingerprint density at radius 1 is 1.15 bits per heavy atom. The number of nitrogens with zero attached hydrogens (tertiary/aromatic N) is 2. The van der Waals surface area contributed by atoms with Crippen LogP contribution in [0.15, 0.2) is 47.5 Å². The first-order valence-electron chi connectivity index (χ1n) is 8.29. The van der Waals surface area contributed by atoms with E-state index < -0.39 is 5.97 Å². The van der Waals surface area contributed by atoms with Gasteiger partial charge in [-0.15, -0.1) is 0 Å². The van der Waals surface area contributed by atoms with Crippen molar-refractivity contribution in [3.05, 3.63) is 52.8 Å². The van der Waals surface area contributed by atoms with Gasteiger partial charge in [0, 0.05) is 17.7 Å². The Balaban J connectivity index is 1.87. The third-order valence-corrected chi connectivity index (χ3v) is 5.12. The van der Waals surface area contributed by atoms with Gasteiger partial charge in [-0.1, -0.05) is 29.5 Å². The number of esters is 1. The molecule has 27 heavy (non-hydrogen) atoms. The summed E-state index contributed by atoms with van der Waals surface area (Å²) in [7, 11) is 1.32. The summed E-state index contributed by atoms with van der Waals surface area (Å²) in [5, 5.41) is 0. The average Bonchev–Trinajstić information content (AvgIpc) is 3.02. The number of fused-ring (bicyclic) bond motifs is 2. The molecule has 138 valence electrons. The fourth-order valence-electron chi connectivity index (χ4n) is 2.77. The van der Waals surface area contributed by atoms with E-state index in [0.717, 1.165) is 10.2 Å². The molecule has 0 saturated heterocycles. The number of benzene rings is 2. The Morgan fingerprint density at radius 3 is 2.56 bits per heavy atom. The highest BCUT2D eigenvalue weighted by molar-refractivity contribution is 7.16. The molecule has 1 aromatic heterocycles. The van der Waals surface area contributed by atoms with E-state index >= 15 is 0 Å². The van der Waals surface area contributed by atoms with Crippen molar-refractivity contribution in [2.75, 3.05) is 20.3 Å². The molecule has 8 heteroatoms. The van der Waals surface area contributed by atoms with Crippen LogP contribution < -0.4 is 14.3 Å². The highest BCUT2D eigenvalue weighted by Crippen LogP contribution is 2.35. The lowest BCUT2D eigenvalue weighted by atomic mass is 10.2. The molecule has 0 fully saturated rings. The Morgan fingerprint density at radius 2 is 1.85 bits per heavy atom. The third kappa shape index (κ3) is 3.43. The molecule has 2 aromatic carbocycles. The highest BCUT2D eigenvalue weighted by atomic mass is 32.1. The van der Waals surface area contributed by atoms with Gasteiger partial charge in [0.25, 0.3) is 5.91 Å². The first-order valence-corrected chi connectivity index (χ1v) is 9.11. The molecule has 1 aliphatic heterocycles. The van der Waals surface area contributed by atoms with Gasteiger partial charge in [0.1, 0.15) is 19.8 Å². The summed E-state index contributed by atoms with van der Waals surface area (Å²) in [4.78, 5) is 29.1. The van der Waals surface area contributed by atoms with Gasteiger partial charge in [0.15, 0.2) is 16.3 Å². The van der Waals surface area contributed by atoms with Crippen LogP contribution in [0.25, 0.3) is 10.2 Å². The highest BCUT2D eigenvalue weighted by Gasteiger charge is 2.18. The van der Waals surface area contributed by atoms with E-state index in [0.29, 0.717) is 35.1 Å². The van der Waals surface area contributed by atoms with Gasteiger partial charge in [0.2, 0.25) is 0 Å². The monoisotopic (exact) mass is 384 g/mol. The van der Waals surface area contributed by atoms with Crippen molar-refractivity contribution in [3.8, 4) is 11.5 Å². The number of carbonyl (C=O) groups excluding carboxylic acids is 2. The van der Waals surface area contributed by atoms with Crippen LogP contribution in [0, 0.1) is 0 Å². The molecule has 3 aromatic rings. The summed E-state index contributed by atoms with van der Waals surface area (Å²) in [5.41, 5.74) is 1.21. The Hall–Kier alpha value is -3.13.